The van der Waals surface area contributed by atoms with Crippen LogP contribution in [0.5, 0.6) is 0 Å². The molecule has 4 rings (SSSR count). The van der Waals surface area contributed by atoms with Gasteiger partial charge in [0.15, 0.2) is 0 Å². The largest absolute Gasteiger partial charge is 0.369 e. The molecule has 1 aliphatic rings. The van der Waals surface area contributed by atoms with Crippen molar-refractivity contribution in [1.82, 2.24) is 30.0 Å². The molecule has 3 aromatic heterocycles. The Balaban J connectivity index is 1.33. The zero-order valence-corrected chi connectivity index (χ0v) is 15.4. The quantitative estimate of drug-likeness (QED) is 0.712. The lowest BCUT2D eigenvalue weighted by Crippen LogP contribution is -2.31. The maximum absolute atomic E-state index is 5.32. The molecule has 1 N–H and O–H groups in total. The van der Waals surface area contributed by atoms with Crippen LogP contribution in [-0.2, 0) is 6.42 Å². The van der Waals surface area contributed by atoms with E-state index in [4.69, 9.17) is 4.52 Å². The van der Waals surface area contributed by atoms with E-state index in [-0.39, 0.29) is 0 Å². The van der Waals surface area contributed by atoms with Gasteiger partial charge in [-0.25, -0.2) is 9.97 Å². The van der Waals surface area contributed by atoms with E-state index in [2.05, 4.69) is 48.4 Å². The lowest BCUT2D eigenvalue weighted by atomic mass is 9.95. The first-order valence-corrected chi connectivity index (χ1v) is 9.25. The van der Waals surface area contributed by atoms with Crippen molar-refractivity contribution in [3.8, 4) is 11.4 Å². The molecule has 0 aliphatic carbocycles. The molecule has 0 bridgehead atoms. The molecule has 0 aromatic carbocycles. The van der Waals surface area contributed by atoms with Gasteiger partial charge in [0, 0.05) is 49.5 Å². The molecule has 0 amide bonds. The van der Waals surface area contributed by atoms with Gasteiger partial charge in [0.05, 0.1) is 5.69 Å². The van der Waals surface area contributed by atoms with Crippen LogP contribution in [0.1, 0.15) is 30.3 Å². The Morgan fingerprint density at radius 3 is 3.15 bits per heavy atom. The fourth-order valence-electron chi connectivity index (χ4n) is 3.37. The Labute approximate surface area is 158 Å². The number of likely N-dealkylation sites (tertiary alicyclic amines) is 1. The molecule has 27 heavy (non-hydrogen) atoms. The second-order valence-electron chi connectivity index (χ2n) is 6.86. The van der Waals surface area contributed by atoms with Gasteiger partial charge in [0.25, 0.3) is 0 Å². The van der Waals surface area contributed by atoms with Crippen molar-refractivity contribution in [2.45, 2.75) is 25.2 Å². The molecule has 4 heterocycles. The van der Waals surface area contributed by atoms with Gasteiger partial charge >= 0.3 is 0 Å². The smallest absolute Gasteiger partial charge is 0.228 e. The normalized spacial score (nSPS) is 17.7. The molecule has 1 fully saturated rings. The molecule has 0 spiro atoms. The number of nitrogens with one attached hydrogen (secondary N) is 1. The van der Waals surface area contributed by atoms with Crippen molar-refractivity contribution in [2.24, 2.45) is 0 Å². The number of anilines is 1. The van der Waals surface area contributed by atoms with Gasteiger partial charge in [0.2, 0.25) is 11.7 Å². The average molecular weight is 365 g/mol. The number of likely N-dealkylation sites (N-methyl/N-ethyl adjacent to an activating group) is 1. The summed E-state index contributed by atoms with van der Waals surface area (Å²) in [6, 6.07) is 5.81. The molecule has 8 nitrogen and oxygen atoms in total. The lowest BCUT2D eigenvalue weighted by Gasteiger charge is -2.29. The second kappa shape index (κ2) is 8.22. The SMILES string of the molecule is CN1CCC[C@@H](c2cc(NCCc3nc(-c4cccnc4)no3)ncn2)C1. The molecule has 8 heteroatoms. The Morgan fingerprint density at radius 1 is 1.33 bits per heavy atom. The van der Waals surface area contributed by atoms with Crippen molar-refractivity contribution in [1.29, 1.82) is 0 Å². The predicted octanol–water partition coefficient (Wildman–Crippen LogP) is 2.39. The van der Waals surface area contributed by atoms with Gasteiger partial charge in [-0.15, -0.1) is 0 Å². The number of pyridine rings is 1. The highest BCUT2D eigenvalue weighted by Gasteiger charge is 2.20. The van der Waals surface area contributed by atoms with Crippen LogP contribution in [0.3, 0.4) is 0 Å². The van der Waals surface area contributed by atoms with E-state index in [1.165, 1.54) is 12.8 Å². The van der Waals surface area contributed by atoms with Crippen molar-refractivity contribution in [3.05, 3.63) is 48.5 Å². The first-order valence-electron chi connectivity index (χ1n) is 9.25. The highest BCUT2D eigenvalue weighted by Crippen LogP contribution is 2.25. The standard InChI is InChI=1S/C19H23N7O/c1-26-9-3-5-15(12-26)16-10-17(23-13-22-16)21-8-6-18-24-19(25-27-18)14-4-2-7-20-11-14/h2,4,7,10-11,13,15H,3,5-6,8-9,12H2,1H3,(H,21,22,23)/t15-/m1/s1. The van der Waals surface area contributed by atoms with Crippen molar-refractivity contribution in [3.63, 3.8) is 0 Å². The molecule has 3 aromatic rings. The third-order valence-electron chi connectivity index (χ3n) is 4.76. The maximum Gasteiger partial charge on any atom is 0.228 e. The lowest BCUT2D eigenvalue weighted by molar-refractivity contribution is 0.248. The summed E-state index contributed by atoms with van der Waals surface area (Å²) in [5.41, 5.74) is 1.95. The zero-order chi connectivity index (χ0) is 18.5. The van der Waals surface area contributed by atoms with E-state index < -0.39 is 0 Å². The molecule has 1 saturated heterocycles. The summed E-state index contributed by atoms with van der Waals surface area (Å²) in [7, 11) is 2.16. The molecule has 0 radical (unpaired) electrons. The Bertz CT molecular complexity index is 867. The van der Waals surface area contributed by atoms with Gasteiger partial charge in [0.1, 0.15) is 12.1 Å². The van der Waals surface area contributed by atoms with Gasteiger partial charge < -0.3 is 14.7 Å². The Morgan fingerprint density at radius 2 is 2.30 bits per heavy atom. The highest BCUT2D eigenvalue weighted by atomic mass is 16.5. The third-order valence-corrected chi connectivity index (χ3v) is 4.76. The number of piperidine rings is 1. The fourth-order valence-corrected chi connectivity index (χ4v) is 3.37. The van der Waals surface area contributed by atoms with E-state index in [1.54, 1.807) is 18.7 Å². The summed E-state index contributed by atoms with van der Waals surface area (Å²) in [5, 5.41) is 7.34. The molecule has 1 atom stereocenters. The third kappa shape index (κ3) is 4.46. The maximum atomic E-state index is 5.32. The van der Waals surface area contributed by atoms with Gasteiger partial charge in [-0.2, -0.15) is 4.98 Å². The fraction of sp³-hybridized carbons (Fsp3) is 0.421. The topological polar surface area (TPSA) is 92.9 Å². The zero-order valence-electron chi connectivity index (χ0n) is 15.4. The van der Waals surface area contributed by atoms with Gasteiger partial charge in [-0.05, 0) is 38.6 Å². The summed E-state index contributed by atoms with van der Waals surface area (Å²) in [4.78, 5) is 19.6. The number of nitrogens with zero attached hydrogens (tertiary/aromatic N) is 6. The van der Waals surface area contributed by atoms with E-state index in [0.29, 0.717) is 30.6 Å². The van der Waals surface area contributed by atoms with Crippen molar-refractivity contribution >= 4 is 5.82 Å². The minimum absolute atomic E-state index is 0.477. The number of rotatable bonds is 6. The minimum Gasteiger partial charge on any atom is -0.369 e. The monoisotopic (exact) mass is 365 g/mol. The van der Waals surface area contributed by atoms with Crippen molar-refractivity contribution in [2.75, 3.05) is 32.0 Å². The van der Waals surface area contributed by atoms with Crippen LogP contribution in [0, 0.1) is 0 Å². The van der Waals surface area contributed by atoms with Crippen LogP contribution in [0.2, 0.25) is 0 Å². The summed E-state index contributed by atoms with van der Waals surface area (Å²) in [5.74, 6) is 2.46. The summed E-state index contributed by atoms with van der Waals surface area (Å²) in [6.07, 6.45) is 8.09. The van der Waals surface area contributed by atoms with Crippen LogP contribution in [0.4, 0.5) is 5.82 Å². The van der Waals surface area contributed by atoms with Gasteiger partial charge in [-0.1, -0.05) is 5.16 Å². The second-order valence-corrected chi connectivity index (χ2v) is 6.86. The van der Waals surface area contributed by atoms with Crippen LogP contribution >= 0.6 is 0 Å². The summed E-state index contributed by atoms with van der Waals surface area (Å²) < 4.78 is 5.32. The van der Waals surface area contributed by atoms with E-state index in [0.717, 1.165) is 30.2 Å². The number of hydrogen-bond donors (Lipinski definition) is 1. The number of hydrogen-bond acceptors (Lipinski definition) is 8. The van der Waals surface area contributed by atoms with Gasteiger partial charge in [-0.3, -0.25) is 4.98 Å². The van der Waals surface area contributed by atoms with E-state index in [1.807, 2.05) is 12.1 Å². The minimum atomic E-state index is 0.477. The molecular formula is C19H23N7O. The number of aromatic nitrogens is 5. The molecule has 140 valence electrons. The summed E-state index contributed by atoms with van der Waals surface area (Å²) in [6.45, 7) is 2.88. The van der Waals surface area contributed by atoms with E-state index in [9.17, 15) is 0 Å². The predicted molar refractivity (Wildman–Crippen MR) is 101 cm³/mol. The van der Waals surface area contributed by atoms with Crippen LogP contribution in [0.25, 0.3) is 11.4 Å². The average Bonchev–Trinajstić information content (AvgIpc) is 3.18. The molecule has 1 aliphatic heterocycles. The van der Waals surface area contributed by atoms with Crippen LogP contribution in [-0.4, -0.2) is 56.7 Å². The Kier molecular flexibility index (Phi) is 5.34. The molecule has 0 unspecified atom stereocenters. The Hall–Kier alpha value is -2.87. The first kappa shape index (κ1) is 17.5. The summed E-state index contributed by atoms with van der Waals surface area (Å²) >= 11 is 0. The van der Waals surface area contributed by atoms with Crippen molar-refractivity contribution < 1.29 is 4.52 Å². The van der Waals surface area contributed by atoms with E-state index >= 15 is 0 Å². The highest BCUT2D eigenvalue weighted by molar-refractivity contribution is 5.51. The first-order chi connectivity index (χ1) is 13.3. The van der Waals surface area contributed by atoms with Crippen LogP contribution < -0.4 is 5.32 Å². The molecular weight excluding hydrogens is 342 g/mol. The van der Waals surface area contributed by atoms with Crippen LogP contribution in [0.15, 0.2) is 41.4 Å². The molecule has 0 saturated carbocycles.